The van der Waals surface area contributed by atoms with Gasteiger partial charge in [-0.2, -0.15) is 0 Å². The first-order valence-electron chi connectivity index (χ1n) is 9.49. The third-order valence-corrected chi connectivity index (χ3v) is 5.03. The molecule has 0 atom stereocenters. The number of nitrogens with zero attached hydrogens (tertiary/aromatic N) is 1. The maximum absolute atomic E-state index is 12.3. The highest BCUT2D eigenvalue weighted by Crippen LogP contribution is 2.24. The Morgan fingerprint density at radius 2 is 1.87 bits per heavy atom. The van der Waals surface area contributed by atoms with Crippen LogP contribution in [-0.4, -0.2) is 16.8 Å². The number of rotatable bonds is 7. The highest BCUT2D eigenvalue weighted by Gasteiger charge is 2.13. The Kier molecular flexibility index (Phi) is 6.09. The van der Waals surface area contributed by atoms with Crippen molar-refractivity contribution in [1.29, 1.82) is 0 Å². The molecule has 2 heterocycles. The Labute approximate surface area is 182 Å². The molecule has 0 fully saturated rings. The van der Waals surface area contributed by atoms with Crippen LogP contribution >= 0.6 is 11.3 Å². The summed E-state index contributed by atoms with van der Waals surface area (Å²) in [4.78, 5) is 28.6. The van der Waals surface area contributed by atoms with Crippen molar-refractivity contribution in [2.45, 2.75) is 13.3 Å². The summed E-state index contributed by atoms with van der Waals surface area (Å²) in [5, 5.41) is 7.61. The lowest BCUT2D eigenvalue weighted by atomic mass is 10.2. The van der Waals surface area contributed by atoms with E-state index in [9.17, 15) is 9.59 Å². The van der Waals surface area contributed by atoms with Crippen LogP contribution in [0.4, 0.5) is 10.8 Å². The zero-order valence-corrected chi connectivity index (χ0v) is 17.4. The first-order valence-corrected chi connectivity index (χ1v) is 10.4. The predicted molar refractivity (Wildman–Crippen MR) is 119 cm³/mol. The fraction of sp³-hybridized carbons (Fsp3) is 0.0870. The largest absolute Gasteiger partial charge is 0.459 e. The van der Waals surface area contributed by atoms with Gasteiger partial charge in [0.25, 0.3) is 5.91 Å². The van der Waals surface area contributed by atoms with Crippen LogP contribution in [-0.2, 0) is 11.2 Å². The Morgan fingerprint density at radius 1 is 1.03 bits per heavy atom. The molecule has 2 aromatic carbocycles. The number of ether oxygens (including phenoxy) is 1. The van der Waals surface area contributed by atoms with Gasteiger partial charge in [-0.3, -0.25) is 14.9 Å². The lowest BCUT2D eigenvalue weighted by Crippen LogP contribution is -2.15. The van der Waals surface area contributed by atoms with E-state index in [2.05, 4.69) is 15.6 Å². The predicted octanol–water partition coefficient (Wildman–Crippen LogP) is 5.27. The summed E-state index contributed by atoms with van der Waals surface area (Å²) in [6, 6.07) is 18.1. The molecule has 7 nitrogen and oxygen atoms in total. The second-order valence-corrected chi connectivity index (χ2v) is 7.60. The SMILES string of the molecule is Cc1cccc(Oc2ccc(NC(=O)Cc3csc(NC(=O)c4ccco4)n3)cc2)c1. The summed E-state index contributed by atoms with van der Waals surface area (Å²) in [5.74, 6) is 1.05. The molecule has 4 rings (SSSR count). The van der Waals surface area contributed by atoms with Crippen LogP contribution in [0.5, 0.6) is 11.5 Å². The van der Waals surface area contributed by atoms with E-state index in [1.807, 2.05) is 31.2 Å². The lowest BCUT2D eigenvalue weighted by Gasteiger charge is -2.08. The van der Waals surface area contributed by atoms with Gasteiger partial charge >= 0.3 is 0 Å². The third kappa shape index (κ3) is 5.58. The maximum atomic E-state index is 12.3. The molecule has 31 heavy (non-hydrogen) atoms. The number of nitrogens with one attached hydrogen (secondary N) is 2. The highest BCUT2D eigenvalue weighted by molar-refractivity contribution is 7.14. The average Bonchev–Trinajstić information content (AvgIpc) is 3.42. The van der Waals surface area contributed by atoms with E-state index >= 15 is 0 Å². The molecule has 2 N–H and O–H groups in total. The molecule has 0 saturated carbocycles. The minimum Gasteiger partial charge on any atom is -0.459 e. The van der Waals surface area contributed by atoms with Crippen molar-refractivity contribution in [3.05, 3.63) is 89.3 Å². The monoisotopic (exact) mass is 433 g/mol. The quantitative estimate of drug-likeness (QED) is 0.414. The van der Waals surface area contributed by atoms with Crippen molar-refractivity contribution in [3.8, 4) is 11.5 Å². The molecule has 0 aliphatic rings. The summed E-state index contributed by atoms with van der Waals surface area (Å²) < 4.78 is 10.9. The Morgan fingerprint density at radius 3 is 2.61 bits per heavy atom. The number of anilines is 2. The average molecular weight is 433 g/mol. The van der Waals surface area contributed by atoms with E-state index in [-0.39, 0.29) is 24.0 Å². The van der Waals surface area contributed by atoms with Gasteiger partial charge in [-0.25, -0.2) is 4.98 Å². The van der Waals surface area contributed by atoms with Crippen LogP contribution in [0.15, 0.2) is 76.7 Å². The zero-order valence-electron chi connectivity index (χ0n) is 16.6. The number of carbonyl (C=O) groups excluding carboxylic acids is 2. The van der Waals surface area contributed by atoms with Crippen LogP contribution in [0.1, 0.15) is 21.8 Å². The number of amides is 2. The van der Waals surface area contributed by atoms with Gasteiger partial charge in [0.15, 0.2) is 10.9 Å². The number of carbonyl (C=O) groups is 2. The van der Waals surface area contributed by atoms with Gasteiger partial charge in [0.1, 0.15) is 11.5 Å². The van der Waals surface area contributed by atoms with Crippen LogP contribution in [0.3, 0.4) is 0 Å². The van der Waals surface area contributed by atoms with E-state index in [4.69, 9.17) is 9.15 Å². The van der Waals surface area contributed by atoms with Crippen molar-refractivity contribution in [3.63, 3.8) is 0 Å². The van der Waals surface area contributed by atoms with Crippen molar-refractivity contribution in [1.82, 2.24) is 4.98 Å². The molecule has 0 saturated heterocycles. The molecule has 8 heteroatoms. The molecule has 0 bridgehead atoms. The topological polar surface area (TPSA) is 93.5 Å². The van der Waals surface area contributed by atoms with Gasteiger partial charge in [0.05, 0.1) is 18.4 Å². The second-order valence-electron chi connectivity index (χ2n) is 6.74. The summed E-state index contributed by atoms with van der Waals surface area (Å²) >= 11 is 1.25. The highest BCUT2D eigenvalue weighted by atomic mass is 32.1. The van der Waals surface area contributed by atoms with Crippen LogP contribution in [0.25, 0.3) is 0 Å². The van der Waals surface area contributed by atoms with Gasteiger partial charge in [-0.15, -0.1) is 11.3 Å². The van der Waals surface area contributed by atoms with Gasteiger partial charge in [0, 0.05) is 11.1 Å². The summed E-state index contributed by atoms with van der Waals surface area (Å²) in [5.41, 5.74) is 2.34. The molecule has 2 amide bonds. The standard InChI is InChI=1S/C23H19N3O4S/c1-15-4-2-5-19(12-15)30-18-9-7-16(8-10-18)24-21(27)13-17-14-31-23(25-17)26-22(28)20-6-3-11-29-20/h2-12,14H,13H2,1H3,(H,24,27)(H,25,26,28). The minimum absolute atomic E-state index is 0.0919. The number of hydrogen-bond acceptors (Lipinski definition) is 6. The van der Waals surface area contributed by atoms with Crippen LogP contribution in [0, 0.1) is 6.92 Å². The molecule has 0 unspecified atom stereocenters. The fourth-order valence-electron chi connectivity index (χ4n) is 2.80. The molecule has 0 aliphatic heterocycles. The van der Waals surface area contributed by atoms with E-state index in [1.54, 1.807) is 41.8 Å². The summed E-state index contributed by atoms with van der Waals surface area (Å²) in [6.45, 7) is 2.00. The molecule has 0 aliphatic carbocycles. The minimum atomic E-state index is -0.386. The first kappa shape index (κ1) is 20.4. The smallest absolute Gasteiger partial charge is 0.293 e. The fourth-order valence-corrected chi connectivity index (χ4v) is 3.51. The molecule has 156 valence electrons. The van der Waals surface area contributed by atoms with E-state index < -0.39 is 0 Å². The first-order chi connectivity index (χ1) is 15.0. The van der Waals surface area contributed by atoms with E-state index in [0.29, 0.717) is 22.3 Å². The second kappa shape index (κ2) is 9.27. The summed E-state index contributed by atoms with van der Waals surface area (Å²) in [6.07, 6.45) is 1.52. The molecule has 0 spiro atoms. The Balaban J connectivity index is 1.29. The van der Waals surface area contributed by atoms with Crippen molar-refractivity contribution in [2.75, 3.05) is 10.6 Å². The molecule has 4 aromatic rings. The molecule has 2 aromatic heterocycles. The number of benzene rings is 2. The van der Waals surface area contributed by atoms with Gasteiger partial charge < -0.3 is 14.5 Å². The number of aromatic nitrogens is 1. The van der Waals surface area contributed by atoms with Gasteiger partial charge in [-0.05, 0) is 61.0 Å². The maximum Gasteiger partial charge on any atom is 0.293 e. The molecular weight excluding hydrogens is 414 g/mol. The Bertz CT molecular complexity index is 1180. The zero-order chi connectivity index (χ0) is 21.6. The van der Waals surface area contributed by atoms with E-state index in [0.717, 1.165) is 11.3 Å². The van der Waals surface area contributed by atoms with E-state index in [1.165, 1.54) is 17.6 Å². The van der Waals surface area contributed by atoms with Crippen LogP contribution in [0.2, 0.25) is 0 Å². The van der Waals surface area contributed by atoms with Crippen molar-refractivity contribution < 1.29 is 18.7 Å². The van der Waals surface area contributed by atoms with Gasteiger partial charge in [0.2, 0.25) is 5.91 Å². The summed E-state index contributed by atoms with van der Waals surface area (Å²) in [7, 11) is 0. The third-order valence-electron chi connectivity index (χ3n) is 4.22. The van der Waals surface area contributed by atoms with Crippen molar-refractivity contribution >= 4 is 34.0 Å². The lowest BCUT2D eigenvalue weighted by molar-refractivity contribution is -0.115. The molecular formula is C23H19N3O4S. The normalized spacial score (nSPS) is 10.5. The number of aryl methyl sites for hydroxylation is 1. The number of hydrogen-bond donors (Lipinski definition) is 2. The number of thiazole rings is 1. The Hall–Kier alpha value is -3.91. The van der Waals surface area contributed by atoms with Gasteiger partial charge in [-0.1, -0.05) is 12.1 Å². The molecule has 0 radical (unpaired) electrons. The number of furan rings is 1. The van der Waals surface area contributed by atoms with Crippen molar-refractivity contribution in [2.24, 2.45) is 0 Å². The van der Waals surface area contributed by atoms with Crippen LogP contribution < -0.4 is 15.4 Å².